The highest BCUT2D eigenvalue weighted by atomic mass is 19.1. The average molecular weight is 298 g/mol. The molecule has 2 rings (SSSR count). The maximum atomic E-state index is 13.4. The van der Waals surface area contributed by atoms with Crippen LogP contribution in [0.2, 0.25) is 0 Å². The van der Waals surface area contributed by atoms with Crippen LogP contribution in [0.4, 0.5) is 10.1 Å². The van der Waals surface area contributed by atoms with E-state index in [1.165, 1.54) is 12.1 Å². The van der Waals surface area contributed by atoms with Crippen molar-refractivity contribution in [1.29, 1.82) is 0 Å². The van der Waals surface area contributed by atoms with Crippen LogP contribution in [-0.4, -0.2) is 46.3 Å². The minimum Gasteiger partial charge on any atom is -0.394 e. The van der Waals surface area contributed by atoms with E-state index in [1.807, 2.05) is 18.7 Å². The van der Waals surface area contributed by atoms with Crippen molar-refractivity contribution in [3.8, 4) is 0 Å². The molecule has 0 bridgehead atoms. The lowest BCUT2D eigenvalue weighted by molar-refractivity contribution is -0.385. The number of nitro groups is 1. The van der Waals surface area contributed by atoms with Crippen molar-refractivity contribution in [2.75, 3.05) is 19.7 Å². The van der Waals surface area contributed by atoms with Gasteiger partial charge in [-0.3, -0.25) is 15.0 Å². The second kappa shape index (κ2) is 6.05. The lowest BCUT2D eigenvalue weighted by atomic mass is 10.0. The summed E-state index contributed by atoms with van der Waals surface area (Å²) in [6.45, 7) is 5.22. The molecule has 1 unspecified atom stereocenters. The van der Waals surface area contributed by atoms with E-state index in [0.717, 1.165) is 6.07 Å². The highest BCUT2D eigenvalue weighted by Crippen LogP contribution is 2.24. The van der Waals surface area contributed by atoms with Gasteiger partial charge in [0.1, 0.15) is 5.82 Å². The maximum Gasteiger partial charge on any atom is 0.272 e. The van der Waals surface area contributed by atoms with Crippen molar-refractivity contribution >= 4 is 5.69 Å². The van der Waals surface area contributed by atoms with Gasteiger partial charge in [-0.25, -0.2) is 4.39 Å². The molecule has 0 saturated carbocycles. The van der Waals surface area contributed by atoms with Gasteiger partial charge in [0.25, 0.3) is 5.69 Å². The van der Waals surface area contributed by atoms with Gasteiger partial charge in [0.05, 0.1) is 29.3 Å². The lowest BCUT2D eigenvalue weighted by Crippen LogP contribution is -2.53. The van der Waals surface area contributed by atoms with Crippen LogP contribution in [0.1, 0.15) is 19.4 Å². The molecule has 0 aliphatic carbocycles. The first-order chi connectivity index (χ1) is 9.79. The number of benzene rings is 1. The third-order valence-electron chi connectivity index (χ3n) is 3.31. The monoisotopic (exact) mass is 298 g/mol. The molecule has 0 amide bonds. The molecule has 0 radical (unpaired) electrons. The molecule has 1 saturated heterocycles. The quantitative estimate of drug-likeness (QED) is 0.676. The van der Waals surface area contributed by atoms with Crippen LogP contribution in [0.25, 0.3) is 0 Å². The third kappa shape index (κ3) is 4.20. The van der Waals surface area contributed by atoms with Crippen LogP contribution in [0.15, 0.2) is 18.2 Å². The maximum absolute atomic E-state index is 13.4. The highest BCUT2D eigenvalue weighted by Gasteiger charge is 2.33. The average Bonchev–Trinajstić information content (AvgIpc) is 2.35. The fourth-order valence-electron chi connectivity index (χ4n) is 2.72. The number of rotatable bonds is 4. The predicted octanol–water partition coefficient (Wildman–Crippen LogP) is 1.71. The molecular formula is C14H19FN2O4. The molecule has 0 aromatic heterocycles. The van der Waals surface area contributed by atoms with Crippen LogP contribution >= 0.6 is 0 Å². The lowest BCUT2D eigenvalue weighted by Gasteiger charge is -2.42. The molecule has 1 heterocycles. The number of nitrogens with zero attached hydrogens (tertiary/aromatic N) is 2. The topological polar surface area (TPSA) is 75.8 Å². The zero-order valence-electron chi connectivity index (χ0n) is 12.1. The van der Waals surface area contributed by atoms with Crippen molar-refractivity contribution in [2.45, 2.75) is 32.1 Å². The normalized spacial score (nSPS) is 22.2. The van der Waals surface area contributed by atoms with E-state index in [4.69, 9.17) is 4.74 Å². The molecule has 1 aromatic rings. The van der Waals surface area contributed by atoms with Gasteiger partial charge in [-0.15, -0.1) is 0 Å². The van der Waals surface area contributed by atoms with E-state index in [9.17, 15) is 19.6 Å². The Hall–Kier alpha value is -1.57. The minimum atomic E-state index is -0.620. The van der Waals surface area contributed by atoms with E-state index < -0.39 is 16.3 Å². The van der Waals surface area contributed by atoms with Crippen molar-refractivity contribution < 1.29 is 19.2 Å². The Balaban J connectivity index is 2.15. The SMILES string of the molecule is CC1(C)CN(Cc2cc(F)cc([N+](=O)[O-])c2)CC(CO)O1. The van der Waals surface area contributed by atoms with Gasteiger partial charge in [0, 0.05) is 25.7 Å². The number of nitro benzene ring substituents is 1. The van der Waals surface area contributed by atoms with Gasteiger partial charge in [-0.1, -0.05) is 0 Å². The first-order valence-corrected chi connectivity index (χ1v) is 6.74. The summed E-state index contributed by atoms with van der Waals surface area (Å²) in [7, 11) is 0. The van der Waals surface area contributed by atoms with Crippen molar-refractivity contribution in [1.82, 2.24) is 4.90 Å². The summed E-state index contributed by atoms with van der Waals surface area (Å²) in [5.41, 5.74) is -0.141. The van der Waals surface area contributed by atoms with E-state index in [1.54, 1.807) is 0 Å². The number of aliphatic hydroxyl groups is 1. The number of aliphatic hydroxyl groups excluding tert-OH is 1. The zero-order chi connectivity index (χ0) is 15.6. The predicted molar refractivity (Wildman–Crippen MR) is 74.4 cm³/mol. The van der Waals surface area contributed by atoms with E-state index >= 15 is 0 Å². The fraction of sp³-hybridized carbons (Fsp3) is 0.571. The fourth-order valence-corrected chi connectivity index (χ4v) is 2.72. The number of halogens is 1. The summed E-state index contributed by atoms with van der Waals surface area (Å²) in [4.78, 5) is 12.2. The first kappa shape index (κ1) is 15.8. The first-order valence-electron chi connectivity index (χ1n) is 6.74. The van der Waals surface area contributed by atoms with Gasteiger partial charge in [0.15, 0.2) is 0 Å². The number of ether oxygens (including phenoxy) is 1. The van der Waals surface area contributed by atoms with Gasteiger partial charge in [-0.2, -0.15) is 0 Å². The van der Waals surface area contributed by atoms with E-state index in [2.05, 4.69) is 0 Å². The summed E-state index contributed by atoms with van der Waals surface area (Å²) in [6.07, 6.45) is -0.308. The molecule has 1 fully saturated rings. The van der Waals surface area contributed by atoms with E-state index in [0.29, 0.717) is 25.2 Å². The Kier molecular flexibility index (Phi) is 4.55. The molecule has 1 N–H and O–H groups in total. The molecule has 1 aromatic carbocycles. The molecule has 1 atom stereocenters. The van der Waals surface area contributed by atoms with Crippen molar-refractivity contribution in [3.63, 3.8) is 0 Å². The summed E-state index contributed by atoms with van der Waals surface area (Å²) in [6, 6.07) is 3.58. The number of non-ortho nitro benzene ring substituents is 1. The molecule has 21 heavy (non-hydrogen) atoms. The summed E-state index contributed by atoms with van der Waals surface area (Å²) in [5, 5.41) is 20.0. The minimum absolute atomic E-state index is 0.0940. The van der Waals surface area contributed by atoms with E-state index in [-0.39, 0.29) is 18.4 Å². The molecule has 116 valence electrons. The Morgan fingerprint density at radius 3 is 2.86 bits per heavy atom. The summed E-state index contributed by atoms with van der Waals surface area (Å²) >= 11 is 0. The van der Waals surface area contributed by atoms with Gasteiger partial charge in [-0.05, 0) is 25.5 Å². The van der Waals surface area contributed by atoms with Crippen LogP contribution in [-0.2, 0) is 11.3 Å². The smallest absolute Gasteiger partial charge is 0.272 e. The number of hydrogen-bond acceptors (Lipinski definition) is 5. The standard InChI is InChI=1S/C14H19FN2O4/c1-14(2)9-16(7-13(8-18)21-14)6-10-3-11(15)5-12(4-10)17(19)20/h3-5,13,18H,6-9H2,1-2H3. The molecule has 6 nitrogen and oxygen atoms in total. The van der Waals surface area contributed by atoms with Crippen molar-refractivity contribution in [3.05, 3.63) is 39.7 Å². The molecule has 1 aliphatic heterocycles. The Morgan fingerprint density at radius 1 is 1.52 bits per heavy atom. The van der Waals surface area contributed by atoms with Crippen molar-refractivity contribution in [2.24, 2.45) is 0 Å². The zero-order valence-corrected chi connectivity index (χ0v) is 12.1. The molecule has 0 spiro atoms. The third-order valence-corrected chi connectivity index (χ3v) is 3.31. The molecular weight excluding hydrogens is 279 g/mol. The van der Waals surface area contributed by atoms with Gasteiger partial charge >= 0.3 is 0 Å². The summed E-state index contributed by atoms with van der Waals surface area (Å²) < 4.78 is 19.2. The Labute approximate surface area is 122 Å². The second-order valence-corrected chi connectivity index (χ2v) is 5.93. The van der Waals surface area contributed by atoms with Gasteiger partial charge in [0.2, 0.25) is 0 Å². The van der Waals surface area contributed by atoms with Gasteiger partial charge < -0.3 is 9.84 Å². The summed E-state index contributed by atoms with van der Waals surface area (Å²) in [5.74, 6) is -0.620. The second-order valence-electron chi connectivity index (χ2n) is 5.93. The number of hydrogen-bond donors (Lipinski definition) is 1. The Morgan fingerprint density at radius 2 is 2.24 bits per heavy atom. The molecule has 1 aliphatic rings. The largest absolute Gasteiger partial charge is 0.394 e. The van der Waals surface area contributed by atoms with Crippen LogP contribution in [0, 0.1) is 15.9 Å². The Bertz CT molecular complexity index is 536. The number of morpholine rings is 1. The molecule has 7 heteroatoms. The van der Waals surface area contributed by atoms with Crippen LogP contribution in [0.3, 0.4) is 0 Å². The van der Waals surface area contributed by atoms with Crippen LogP contribution < -0.4 is 0 Å². The highest BCUT2D eigenvalue weighted by molar-refractivity contribution is 5.35. The van der Waals surface area contributed by atoms with Crippen LogP contribution in [0.5, 0.6) is 0 Å².